The third kappa shape index (κ3) is 12.8. The van der Waals surface area contributed by atoms with Gasteiger partial charge in [0.05, 0.1) is 18.4 Å². The van der Waals surface area contributed by atoms with E-state index in [1.807, 2.05) is 0 Å². The van der Waals surface area contributed by atoms with Crippen LogP contribution in [-0.2, 0) is 30.4 Å². The van der Waals surface area contributed by atoms with Gasteiger partial charge in [-0.15, -0.1) is 4.34 Å². The van der Waals surface area contributed by atoms with Gasteiger partial charge in [0.15, 0.2) is 11.2 Å². The van der Waals surface area contributed by atoms with Crippen molar-refractivity contribution < 1.29 is 22.3 Å². The maximum Gasteiger partial charge on any atom is 0.438 e. The molecule has 2 heterocycles. The molecule has 46 heavy (non-hydrogen) atoms. The number of H-pyrrole nitrogens is 1. The first-order chi connectivity index (χ1) is 22.1. The fourth-order valence-corrected chi connectivity index (χ4v) is 7.83. The molecule has 1 atom stereocenters. The zero-order valence-electron chi connectivity index (χ0n) is 28.3. The molecule has 0 aliphatic heterocycles. The van der Waals surface area contributed by atoms with E-state index in [0.29, 0.717) is 13.0 Å². The van der Waals surface area contributed by atoms with E-state index in [9.17, 15) is 31.9 Å². The van der Waals surface area contributed by atoms with Crippen LogP contribution in [0.15, 0.2) is 14.4 Å². The van der Waals surface area contributed by atoms with E-state index in [-0.39, 0.29) is 21.3 Å². The molecule has 2 aromatic heterocycles. The van der Waals surface area contributed by atoms with Gasteiger partial charge in [0.1, 0.15) is 0 Å². The van der Waals surface area contributed by atoms with Gasteiger partial charge in [0.2, 0.25) is 10.0 Å². The molecule has 0 aromatic carbocycles. The monoisotopic (exact) mass is 688 g/mol. The third-order valence-electron chi connectivity index (χ3n) is 8.45. The van der Waals surface area contributed by atoms with Gasteiger partial charge < -0.3 is 4.74 Å². The number of nitrogens with zero attached hydrogens (tertiary/aromatic N) is 3. The minimum atomic E-state index is -4.40. The van der Waals surface area contributed by atoms with Crippen molar-refractivity contribution in [2.24, 2.45) is 0 Å². The van der Waals surface area contributed by atoms with Crippen molar-refractivity contribution in [1.29, 1.82) is 0 Å². The third-order valence-corrected chi connectivity index (χ3v) is 10.8. The number of fused-ring (bicyclic) bond motifs is 1. The summed E-state index contributed by atoms with van der Waals surface area (Å²) in [5, 5.41) is 0. The zero-order valence-corrected chi connectivity index (χ0v) is 30.0. The second-order valence-electron chi connectivity index (χ2n) is 12.5. The maximum atomic E-state index is 13.4. The molecule has 0 saturated carbocycles. The Labute approximate surface area is 274 Å². The number of aromatic nitrogens is 4. The molecule has 0 bridgehead atoms. The maximum absolute atomic E-state index is 13.4. The van der Waals surface area contributed by atoms with Crippen molar-refractivity contribution >= 4 is 29.0 Å². The molecule has 0 aliphatic rings. The Kier molecular flexibility index (Phi) is 18.8. The molecular formula is C32H57N4O8PS. The van der Waals surface area contributed by atoms with Crippen molar-refractivity contribution in [3.63, 3.8) is 0 Å². The number of rotatable bonds is 27. The van der Waals surface area contributed by atoms with Gasteiger partial charge in [-0.2, -0.15) is 3.97 Å². The molecule has 14 heteroatoms. The first kappa shape index (κ1) is 39.9. The molecule has 264 valence electrons. The van der Waals surface area contributed by atoms with Crippen LogP contribution in [0, 0.1) is 0 Å². The van der Waals surface area contributed by atoms with E-state index in [2.05, 4.69) is 18.8 Å². The Hall–Kier alpha value is -2.24. The number of aromatic amines is 1. The molecule has 0 saturated heterocycles. The highest BCUT2D eigenvalue weighted by atomic mass is 32.2. The second kappa shape index (κ2) is 21.6. The van der Waals surface area contributed by atoms with Crippen molar-refractivity contribution in [1.82, 2.24) is 17.9 Å². The topological polar surface area (TPSA) is 159 Å². The van der Waals surface area contributed by atoms with Crippen LogP contribution >= 0.6 is 7.83 Å². The molecule has 1 N–H and O–H groups in total. The molecular weight excluding hydrogens is 631 g/mol. The van der Waals surface area contributed by atoms with Crippen LogP contribution in [0.3, 0.4) is 0 Å². The van der Waals surface area contributed by atoms with E-state index in [1.54, 1.807) is 6.92 Å². The SMILES string of the molecule is CCCCCCCCCCCCCS(=O)(=O)n1c(=O)n(P(=O)=O)c(=O)c2c1[nH]c(=O)n2CC(C)OCCCCCCCCCCC. The summed E-state index contributed by atoms with van der Waals surface area (Å²) in [4.78, 5) is 41.5. The highest BCUT2D eigenvalue weighted by molar-refractivity contribution is 7.90. The van der Waals surface area contributed by atoms with Crippen LogP contribution in [-0.4, -0.2) is 44.7 Å². The van der Waals surface area contributed by atoms with E-state index in [0.717, 1.165) is 49.5 Å². The summed E-state index contributed by atoms with van der Waals surface area (Å²) >= 11 is 0. The summed E-state index contributed by atoms with van der Waals surface area (Å²) in [5.74, 6) is -0.432. The smallest absolute Gasteiger partial charge is 0.377 e. The summed E-state index contributed by atoms with van der Waals surface area (Å²) in [7, 11) is -8.21. The Morgan fingerprint density at radius 2 is 1.17 bits per heavy atom. The van der Waals surface area contributed by atoms with Gasteiger partial charge in [-0.25, -0.2) is 27.1 Å². The van der Waals surface area contributed by atoms with Crippen LogP contribution in [0.4, 0.5) is 0 Å². The van der Waals surface area contributed by atoms with Crippen LogP contribution in [0.5, 0.6) is 0 Å². The quantitative estimate of drug-likeness (QED) is 0.0775. The zero-order chi connectivity index (χ0) is 34.0. The number of ether oxygens (including phenoxy) is 1. The molecule has 0 spiro atoms. The van der Waals surface area contributed by atoms with E-state index < -0.39 is 57.8 Å². The Balaban J connectivity index is 2.05. The van der Waals surface area contributed by atoms with Crippen molar-refractivity contribution in [3.05, 3.63) is 31.3 Å². The standard InChI is InChI=1S/C32H57N4O8PS/c1-4-6-8-10-12-14-15-17-19-21-23-25-46(42,43)36-29-28(30(37)35(32(36)39)45(40)41)34(31(38)33-29)26-27(3)44-24-22-20-18-16-13-11-9-7-5-2/h27H,4-26H2,1-3H3,(H,33,38). The van der Waals surface area contributed by atoms with E-state index >= 15 is 0 Å². The van der Waals surface area contributed by atoms with E-state index in [1.165, 1.54) is 70.6 Å². The summed E-state index contributed by atoms with van der Waals surface area (Å²) in [5.41, 5.74) is -4.67. The lowest BCUT2D eigenvalue weighted by molar-refractivity contribution is 0.0518. The lowest BCUT2D eigenvalue weighted by Gasteiger charge is -2.14. The van der Waals surface area contributed by atoms with Gasteiger partial charge in [-0.1, -0.05) is 129 Å². The number of nitrogens with one attached hydrogen (secondary N) is 1. The summed E-state index contributed by atoms with van der Waals surface area (Å²) in [6.07, 6.45) is 21.0. The predicted octanol–water partition coefficient (Wildman–Crippen LogP) is 7.01. The number of hydrogen-bond donors (Lipinski definition) is 1. The van der Waals surface area contributed by atoms with Crippen LogP contribution in [0.2, 0.25) is 0 Å². The minimum Gasteiger partial charge on any atom is -0.377 e. The molecule has 12 nitrogen and oxygen atoms in total. The highest BCUT2D eigenvalue weighted by Crippen LogP contribution is 2.15. The minimum absolute atomic E-state index is 0.118. The molecule has 0 radical (unpaired) electrons. The van der Waals surface area contributed by atoms with Crippen LogP contribution in [0.1, 0.15) is 149 Å². The Bertz CT molecular complexity index is 1530. The van der Waals surface area contributed by atoms with Crippen LogP contribution in [0.25, 0.3) is 11.2 Å². The Morgan fingerprint density at radius 1 is 0.717 bits per heavy atom. The van der Waals surface area contributed by atoms with Gasteiger partial charge >= 0.3 is 19.2 Å². The summed E-state index contributed by atoms with van der Waals surface area (Å²) in [6, 6.07) is 0. The molecule has 2 aromatic rings. The van der Waals surface area contributed by atoms with Crippen molar-refractivity contribution in [3.8, 4) is 0 Å². The summed E-state index contributed by atoms with van der Waals surface area (Å²) < 4.78 is 57.6. The van der Waals surface area contributed by atoms with Gasteiger partial charge in [-0.3, -0.25) is 14.3 Å². The van der Waals surface area contributed by atoms with Crippen LogP contribution < -0.4 is 16.9 Å². The van der Waals surface area contributed by atoms with Gasteiger partial charge in [0, 0.05) is 6.61 Å². The van der Waals surface area contributed by atoms with Crippen molar-refractivity contribution in [2.45, 2.75) is 162 Å². The molecule has 2 rings (SSSR count). The highest BCUT2D eigenvalue weighted by Gasteiger charge is 2.28. The lowest BCUT2D eigenvalue weighted by Crippen LogP contribution is -2.41. The predicted molar refractivity (Wildman–Crippen MR) is 183 cm³/mol. The average Bonchev–Trinajstić information content (AvgIpc) is 3.31. The average molecular weight is 689 g/mol. The molecule has 0 fully saturated rings. The normalized spacial score (nSPS) is 12.7. The molecule has 0 aliphatic carbocycles. The number of unbranched alkanes of at least 4 members (excludes halogenated alkanes) is 18. The van der Waals surface area contributed by atoms with E-state index in [4.69, 9.17) is 4.74 Å². The first-order valence-corrected chi connectivity index (χ1v) is 20.3. The lowest BCUT2D eigenvalue weighted by atomic mass is 10.1. The second-order valence-corrected chi connectivity index (χ2v) is 15.3. The number of hydrogen-bond acceptors (Lipinski definition) is 8. The molecule has 0 amide bonds. The Morgan fingerprint density at radius 3 is 1.65 bits per heavy atom. The van der Waals surface area contributed by atoms with Gasteiger partial charge in [0.25, 0.3) is 5.56 Å². The molecule has 1 unspecified atom stereocenters. The summed E-state index contributed by atoms with van der Waals surface area (Å²) in [6.45, 7) is 6.42. The fourth-order valence-electron chi connectivity index (χ4n) is 5.81. The van der Waals surface area contributed by atoms with Gasteiger partial charge in [-0.05, 0) is 19.8 Å². The first-order valence-electron chi connectivity index (χ1n) is 17.6. The van der Waals surface area contributed by atoms with Crippen molar-refractivity contribution in [2.75, 3.05) is 12.4 Å². The largest absolute Gasteiger partial charge is 0.438 e. The fraction of sp³-hybridized carbons (Fsp3) is 0.844. The number of imidazole rings is 1.